The minimum Gasteiger partial charge on any atom is -0.478 e. The molecule has 0 unspecified atom stereocenters. The van der Waals surface area contributed by atoms with Crippen LogP contribution in [-0.2, 0) is 0 Å². The molecule has 0 spiro atoms. The first-order chi connectivity index (χ1) is 8.08. The van der Waals surface area contributed by atoms with Crippen LogP contribution in [0.25, 0.3) is 11.3 Å². The zero-order valence-electron chi connectivity index (χ0n) is 9.14. The third-order valence-corrected chi connectivity index (χ3v) is 2.41. The van der Waals surface area contributed by atoms with Crippen LogP contribution in [-0.4, -0.2) is 16.1 Å². The second-order valence-electron chi connectivity index (χ2n) is 3.72. The fourth-order valence-electron chi connectivity index (χ4n) is 1.52. The molecule has 0 radical (unpaired) electrons. The molecule has 0 fully saturated rings. The van der Waals surface area contributed by atoms with Gasteiger partial charge in [0, 0.05) is 11.8 Å². The topological polar surface area (TPSA) is 50.2 Å². The Morgan fingerprint density at radius 3 is 2.65 bits per heavy atom. The first-order valence-corrected chi connectivity index (χ1v) is 5.04. The van der Waals surface area contributed by atoms with Crippen LogP contribution in [0, 0.1) is 12.7 Å². The summed E-state index contributed by atoms with van der Waals surface area (Å²) >= 11 is 0. The maximum absolute atomic E-state index is 13.6. The molecule has 1 N–H and O–H groups in total. The van der Waals surface area contributed by atoms with E-state index >= 15 is 0 Å². The number of carboxylic acid groups (broad SMARTS) is 1. The van der Waals surface area contributed by atoms with Crippen molar-refractivity contribution in [3.8, 4) is 11.3 Å². The maximum Gasteiger partial charge on any atom is 0.337 e. The van der Waals surface area contributed by atoms with Crippen LogP contribution in [0.4, 0.5) is 4.39 Å². The molecule has 17 heavy (non-hydrogen) atoms. The van der Waals surface area contributed by atoms with Crippen molar-refractivity contribution in [1.82, 2.24) is 4.98 Å². The van der Waals surface area contributed by atoms with Gasteiger partial charge < -0.3 is 5.11 Å². The minimum atomic E-state index is -1.05. The molecule has 0 aliphatic carbocycles. The van der Waals surface area contributed by atoms with E-state index < -0.39 is 5.97 Å². The summed E-state index contributed by atoms with van der Waals surface area (Å²) < 4.78 is 13.6. The summed E-state index contributed by atoms with van der Waals surface area (Å²) in [5.41, 5.74) is 1.81. The summed E-state index contributed by atoms with van der Waals surface area (Å²) in [6.07, 6.45) is 1.22. The van der Waals surface area contributed by atoms with Gasteiger partial charge in [-0.1, -0.05) is 11.6 Å². The number of carboxylic acids is 1. The van der Waals surface area contributed by atoms with E-state index in [4.69, 9.17) is 5.11 Å². The van der Waals surface area contributed by atoms with Crippen LogP contribution >= 0.6 is 0 Å². The van der Waals surface area contributed by atoms with Crippen molar-refractivity contribution in [2.45, 2.75) is 6.92 Å². The van der Waals surface area contributed by atoms with Gasteiger partial charge in [-0.25, -0.2) is 9.18 Å². The summed E-state index contributed by atoms with van der Waals surface area (Å²) in [5.74, 6) is -1.42. The van der Waals surface area contributed by atoms with Crippen molar-refractivity contribution in [1.29, 1.82) is 0 Å². The van der Waals surface area contributed by atoms with E-state index in [0.29, 0.717) is 11.3 Å². The Hall–Kier alpha value is -2.23. The van der Waals surface area contributed by atoms with E-state index in [2.05, 4.69) is 4.98 Å². The quantitative estimate of drug-likeness (QED) is 0.864. The van der Waals surface area contributed by atoms with Crippen LogP contribution in [0.3, 0.4) is 0 Å². The number of rotatable bonds is 2. The summed E-state index contributed by atoms with van der Waals surface area (Å²) in [5, 5.41) is 8.73. The molecule has 0 saturated heterocycles. The molecule has 0 amide bonds. The molecule has 0 atom stereocenters. The predicted octanol–water partition coefficient (Wildman–Crippen LogP) is 2.89. The SMILES string of the molecule is Cc1ccc(F)c(-c2ccc(C(=O)O)cn2)c1. The normalized spacial score (nSPS) is 10.2. The van der Waals surface area contributed by atoms with E-state index in [0.717, 1.165) is 5.56 Å². The molecular formula is C13H10FNO2. The van der Waals surface area contributed by atoms with Crippen molar-refractivity contribution in [2.24, 2.45) is 0 Å². The Bertz CT molecular complexity index is 564. The lowest BCUT2D eigenvalue weighted by Gasteiger charge is -2.04. The fourth-order valence-corrected chi connectivity index (χ4v) is 1.52. The van der Waals surface area contributed by atoms with Gasteiger partial charge in [0.1, 0.15) is 5.82 Å². The van der Waals surface area contributed by atoms with Gasteiger partial charge in [0.15, 0.2) is 0 Å². The van der Waals surface area contributed by atoms with Crippen LogP contribution in [0.1, 0.15) is 15.9 Å². The highest BCUT2D eigenvalue weighted by Crippen LogP contribution is 2.22. The highest BCUT2D eigenvalue weighted by atomic mass is 19.1. The average molecular weight is 231 g/mol. The van der Waals surface area contributed by atoms with Gasteiger partial charge >= 0.3 is 5.97 Å². The number of hydrogen-bond donors (Lipinski definition) is 1. The molecule has 4 heteroatoms. The van der Waals surface area contributed by atoms with Gasteiger partial charge in [-0.15, -0.1) is 0 Å². The third kappa shape index (κ3) is 2.30. The van der Waals surface area contributed by atoms with Crippen molar-refractivity contribution in [3.63, 3.8) is 0 Å². The number of pyridine rings is 1. The molecule has 2 rings (SSSR count). The van der Waals surface area contributed by atoms with Gasteiger partial charge in [0.2, 0.25) is 0 Å². The molecule has 1 aromatic heterocycles. The summed E-state index contributed by atoms with van der Waals surface area (Å²) in [4.78, 5) is 14.6. The van der Waals surface area contributed by atoms with Gasteiger partial charge in [0.25, 0.3) is 0 Å². The van der Waals surface area contributed by atoms with Crippen molar-refractivity contribution >= 4 is 5.97 Å². The second kappa shape index (κ2) is 4.33. The number of nitrogens with zero attached hydrogens (tertiary/aromatic N) is 1. The van der Waals surface area contributed by atoms with E-state index in [1.54, 1.807) is 12.1 Å². The molecule has 0 aliphatic rings. The Balaban J connectivity index is 2.46. The molecular weight excluding hydrogens is 221 g/mol. The smallest absolute Gasteiger partial charge is 0.337 e. The molecule has 86 valence electrons. The van der Waals surface area contributed by atoms with E-state index in [1.165, 1.54) is 24.4 Å². The number of carbonyl (C=O) groups is 1. The fraction of sp³-hybridized carbons (Fsp3) is 0.0769. The number of aryl methyl sites for hydroxylation is 1. The molecule has 1 aromatic carbocycles. The van der Waals surface area contributed by atoms with Crippen molar-refractivity contribution in [3.05, 3.63) is 53.5 Å². The Kier molecular flexibility index (Phi) is 2.87. The highest BCUT2D eigenvalue weighted by molar-refractivity contribution is 5.87. The first-order valence-electron chi connectivity index (χ1n) is 5.04. The molecule has 2 aromatic rings. The van der Waals surface area contributed by atoms with E-state index in [9.17, 15) is 9.18 Å². The Morgan fingerprint density at radius 2 is 2.06 bits per heavy atom. The van der Waals surface area contributed by atoms with Gasteiger partial charge in [-0.3, -0.25) is 4.98 Å². The van der Waals surface area contributed by atoms with E-state index in [1.807, 2.05) is 6.92 Å². The number of halogens is 1. The summed E-state index contributed by atoms with van der Waals surface area (Å²) in [7, 11) is 0. The third-order valence-electron chi connectivity index (χ3n) is 2.41. The van der Waals surface area contributed by atoms with Gasteiger partial charge in [0.05, 0.1) is 11.3 Å². The minimum absolute atomic E-state index is 0.0850. The summed E-state index contributed by atoms with van der Waals surface area (Å²) in [6.45, 7) is 1.86. The molecule has 1 heterocycles. The summed E-state index contributed by atoms with van der Waals surface area (Å²) in [6, 6.07) is 7.63. The Morgan fingerprint density at radius 1 is 1.29 bits per heavy atom. The van der Waals surface area contributed by atoms with Gasteiger partial charge in [-0.05, 0) is 31.2 Å². The average Bonchev–Trinajstić information content (AvgIpc) is 2.32. The molecule has 0 saturated carbocycles. The zero-order chi connectivity index (χ0) is 12.4. The van der Waals surface area contributed by atoms with Crippen LogP contribution in [0.2, 0.25) is 0 Å². The van der Waals surface area contributed by atoms with Gasteiger partial charge in [-0.2, -0.15) is 0 Å². The number of hydrogen-bond acceptors (Lipinski definition) is 2. The standard InChI is InChI=1S/C13H10FNO2/c1-8-2-4-11(14)10(6-8)12-5-3-9(7-15-12)13(16)17/h2-7H,1H3,(H,16,17). The number of benzene rings is 1. The zero-order valence-corrected chi connectivity index (χ0v) is 9.14. The lowest BCUT2D eigenvalue weighted by atomic mass is 10.1. The first kappa shape index (κ1) is 11.3. The highest BCUT2D eigenvalue weighted by Gasteiger charge is 2.08. The predicted molar refractivity (Wildman–Crippen MR) is 61.3 cm³/mol. The van der Waals surface area contributed by atoms with Crippen LogP contribution in [0.15, 0.2) is 36.5 Å². The molecule has 0 bridgehead atoms. The van der Waals surface area contributed by atoms with E-state index in [-0.39, 0.29) is 11.4 Å². The van der Waals surface area contributed by atoms with Crippen molar-refractivity contribution in [2.75, 3.05) is 0 Å². The lowest BCUT2D eigenvalue weighted by molar-refractivity contribution is 0.0696. The maximum atomic E-state index is 13.6. The molecule has 3 nitrogen and oxygen atoms in total. The molecule has 0 aliphatic heterocycles. The van der Waals surface area contributed by atoms with Crippen LogP contribution in [0.5, 0.6) is 0 Å². The number of aromatic carboxylic acids is 1. The lowest BCUT2D eigenvalue weighted by Crippen LogP contribution is -1.97. The second-order valence-corrected chi connectivity index (χ2v) is 3.72. The van der Waals surface area contributed by atoms with Crippen LogP contribution < -0.4 is 0 Å². The largest absolute Gasteiger partial charge is 0.478 e. The van der Waals surface area contributed by atoms with Crippen molar-refractivity contribution < 1.29 is 14.3 Å². The number of aromatic nitrogens is 1. The monoisotopic (exact) mass is 231 g/mol. The Labute approximate surface area is 97.6 Å².